The Bertz CT molecular complexity index is 1600. The fourth-order valence-corrected chi connectivity index (χ4v) is 14.5. The van der Waals surface area contributed by atoms with Crippen molar-refractivity contribution in [3.8, 4) is 0 Å². The van der Waals surface area contributed by atoms with E-state index in [1.54, 1.807) is 0 Å². The highest BCUT2D eigenvalue weighted by molar-refractivity contribution is 5.76. The molecule has 0 aromatic carbocycles. The minimum absolute atomic E-state index is 0.194. The molecular weight excluding hydrogens is 1190 g/mol. The first-order valence-corrected chi connectivity index (χ1v) is 41.8. The fraction of sp³-hybridized carbons (Fsp3) is 0.988. The van der Waals surface area contributed by atoms with Crippen LogP contribution in [0.4, 0.5) is 0 Å². The van der Waals surface area contributed by atoms with Crippen LogP contribution in [0, 0.1) is 0 Å². The molecule has 14 heteroatoms. The minimum Gasteiger partial charge on any atom is -0.394 e. The molecule has 2 saturated heterocycles. The highest BCUT2D eigenvalue weighted by Gasteiger charge is 2.51. The molecule has 0 saturated carbocycles. The van der Waals surface area contributed by atoms with E-state index in [2.05, 4.69) is 19.2 Å². The third kappa shape index (κ3) is 49.3. The lowest BCUT2D eigenvalue weighted by atomic mass is 9.97. The van der Waals surface area contributed by atoms with Gasteiger partial charge in [-0.15, -0.1) is 0 Å². The predicted octanol–water partition coefficient (Wildman–Crippen LogP) is 19.1. The first kappa shape index (κ1) is 90.1. The van der Waals surface area contributed by atoms with E-state index in [0.717, 1.165) is 51.4 Å². The van der Waals surface area contributed by atoms with Gasteiger partial charge in [-0.3, -0.25) is 4.79 Å². The van der Waals surface area contributed by atoms with Crippen molar-refractivity contribution in [2.24, 2.45) is 0 Å². The quantitative estimate of drug-likeness (QED) is 0.0259. The number of nitrogens with one attached hydrogen (secondary N) is 1. The lowest BCUT2D eigenvalue weighted by Gasteiger charge is -2.46. The third-order valence-corrected chi connectivity index (χ3v) is 21.1. The molecule has 1 amide bonds. The highest BCUT2D eigenvalue weighted by Crippen LogP contribution is 2.31. The Balaban J connectivity index is 1.58. The van der Waals surface area contributed by atoms with Crippen molar-refractivity contribution < 1.29 is 64.6 Å². The number of carbonyl (C=O) groups is 1. The highest BCUT2D eigenvalue weighted by atomic mass is 16.7. The largest absolute Gasteiger partial charge is 0.394 e. The maximum absolute atomic E-state index is 13.4. The summed E-state index contributed by atoms with van der Waals surface area (Å²) in [6.07, 6.45) is 65.9. The van der Waals surface area contributed by atoms with E-state index < -0.39 is 86.8 Å². The van der Waals surface area contributed by atoms with Gasteiger partial charge in [-0.25, -0.2) is 0 Å². The number of aliphatic hydroxyl groups is 8. The second-order valence-corrected chi connectivity index (χ2v) is 30.0. The van der Waals surface area contributed by atoms with Crippen LogP contribution < -0.4 is 5.32 Å². The van der Waals surface area contributed by atoms with Crippen molar-refractivity contribution >= 4 is 5.91 Å². The topological polar surface area (TPSA) is 228 Å². The van der Waals surface area contributed by atoms with E-state index in [1.165, 1.54) is 340 Å². The van der Waals surface area contributed by atoms with Crippen LogP contribution in [0.2, 0.25) is 0 Å². The van der Waals surface area contributed by atoms with E-state index in [4.69, 9.17) is 18.9 Å². The Labute approximate surface area is 584 Å². The molecule has 2 rings (SSSR count). The van der Waals surface area contributed by atoms with Crippen LogP contribution in [-0.2, 0) is 23.7 Å². The number of hydrogen-bond acceptors (Lipinski definition) is 13. The van der Waals surface area contributed by atoms with Gasteiger partial charge in [0, 0.05) is 6.42 Å². The number of carbonyl (C=O) groups excluding carboxylic acids is 1. The zero-order valence-corrected chi connectivity index (χ0v) is 62.2. The van der Waals surface area contributed by atoms with Crippen LogP contribution in [0.25, 0.3) is 0 Å². The number of hydrogen-bond donors (Lipinski definition) is 9. The summed E-state index contributed by atoms with van der Waals surface area (Å²) >= 11 is 0. The van der Waals surface area contributed by atoms with Gasteiger partial charge in [-0.2, -0.15) is 0 Å². The maximum Gasteiger partial charge on any atom is 0.220 e. The van der Waals surface area contributed by atoms with E-state index >= 15 is 0 Å². The van der Waals surface area contributed by atoms with Crippen molar-refractivity contribution in [3.05, 3.63) is 0 Å². The van der Waals surface area contributed by atoms with Crippen molar-refractivity contribution in [2.45, 2.75) is 492 Å². The molecule has 9 N–H and O–H groups in total. The molecule has 2 fully saturated rings. The number of ether oxygens (including phenoxy) is 4. The summed E-state index contributed by atoms with van der Waals surface area (Å²) in [5.41, 5.74) is 0. The smallest absolute Gasteiger partial charge is 0.220 e. The summed E-state index contributed by atoms with van der Waals surface area (Å²) in [5.74, 6) is -0.194. The van der Waals surface area contributed by atoms with Crippen LogP contribution >= 0.6 is 0 Å². The average molecular weight is 1360 g/mol. The molecule has 12 atom stereocenters. The van der Waals surface area contributed by atoms with Crippen LogP contribution in [0.1, 0.15) is 418 Å². The average Bonchev–Trinajstić information content (AvgIpc) is 0.800. The van der Waals surface area contributed by atoms with Gasteiger partial charge in [0.15, 0.2) is 12.6 Å². The van der Waals surface area contributed by atoms with Crippen LogP contribution in [0.15, 0.2) is 0 Å². The van der Waals surface area contributed by atoms with Gasteiger partial charge in [0.1, 0.15) is 48.8 Å². The zero-order chi connectivity index (χ0) is 68.7. The molecule has 0 aromatic rings. The Kier molecular flexibility index (Phi) is 62.8. The van der Waals surface area contributed by atoms with Gasteiger partial charge in [-0.05, 0) is 12.8 Å². The molecule has 2 aliphatic rings. The first-order chi connectivity index (χ1) is 46.6. The van der Waals surface area contributed by atoms with Crippen molar-refractivity contribution in [1.29, 1.82) is 0 Å². The van der Waals surface area contributed by atoms with Crippen molar-refractivity contribution in [3.63, 3.8) is 0 Å². The predicted molar refractivity (Wildman–Crippen MR) is 393 cm³/mol. The molecular formula is C81H159NO13. The lowest BCUT2D eigenvalue weighted by molar-refractivity contribution is -0.359. The molecule has 2 aliphatic heterocycles. The van der Waals surface area contributed by atoms with Crippen molar-refractivity contribution in [2.75, 3.05) is 19.8 Å². The Morgan fingerprint density at radius 1 is 0.337 bits per heavy atom. The Morgan fingerprint density at radius 2 is 0.600 bits per heavy atom. The third-order valence-electron chi connectivity index (χ3n) is 21.1. The molecule has 14 nitrogen and oxygen atoms in total. The molecule has 566 valence electrons. The molecule has 0 aromatic heterocycles. The standard InChI is InChI=1S/C81H159NO13/c1-3-5-7-9-11-13-15-17-19-21-23-25-27-29-31-32-33-34-35-36-37-39-41-43-45-47-49-51-53-55-57-59-61-63-65-73(86)82-69(68-92-80-78(91)76(89)79(72(67-84)94-80)95-81-77(90)75(88)74(87)71(66-83)93-81)70(85)64-62-60-58-56-54-52-50-48-46-44-42-40-38-30-28-26-24-22-20-18-16-14-12-10-8-6-4-2/h69-72,74-81,83-85,87-91H,3-68H2,1-2H3,(H,82,86). The first-order valence-electron chi connectivity index (χ1n) is 41.8. The van der Waals surface area contributed by atoms with Gasteiger partial charge in [0.05, 0.1) is 32.0 Å². The van der Waals surface area contributed by atoms with Gasteiger partial charge in [0.2, 0.25) is 5.91 Å². The van der Waals surface area contributed by atoms with Gasteiger partial charge >= 0.3 is 0 Å². The molecule has 0 bridgehead atoms. The number of unbranched alkanes of at least 4 members (excludes halogenated alkanes) is 59. The van der Waals surface area contributed by atoms with E-state index in [-0.39, 0.29) is 12.5 Å². The number of rotatable bonds is 72. The number of aliphatic hydroxyl groups excluding tert-OH is 8. The normalized spacial score (nSPS) is 22.2. The second-order valence-electron chi connectivity index (χ2n) is 30.0. The summed E-state index contributed by atoms with van der Waals surface area (Å²) in [5, 5.41) is 87.9. The summed E-state index contributed by atoms with van der Waals surface area (Å²) in [6.45, 7) is 2.95. The summed E-state index contributed by atoms with van der Waals surface area (Å²) in [6, 6.07) is -0.826. The van der Waals surface area contributed by atoms with E-state index in [9.17, 15) is 45.6 Å². The Morgan fingerprint density at radius 3 is 0.895 bits per heavy atom. The summed E-state index contributed by atoms with van der Waals surface area (Å²) in [7, 11) is 0. The molecule has 0 radical (unpaired) electrons. The maximum atomic E-state index is 13.4. The summed E-state index contributed by atoms with van der Waals surface area (Å²) < 4.78 is 23.0. The summed E-state index contributed by atoms with van der Waals surface area (Å²) in [4.78, 5) is 13.4. The molecule has 95 heavy (non-hydrogen) atoms. The lowest BCUT2D eigenvalue weighted by Crippen LogP contribution is -2.65. The second kappa shape index (κ2) is 66.2. The molecule has 2 heterocycles. The SMILES string of the molecule is CCCCCCCCCCCCCCCCCCCCCCCCCCCCCCCCCCCCC(=O)NC(COC1OC(CO)C(OC2OC(CO)C(O)C(O)C2O)C(O)C1O)C(O)CCCCCCCCCCCCCCCCCCCCCCCCCCCCC. The van der Waals surface area contributed by atoms with Crippen LogP contribution in [-0.4, -0.2) is 140 Å². The number of amides is 1. The van der Waals surface area contributed by atoms with E-state index in [1.807, 2.05) is 0 Å². The van der Waals surface area contributed by atoms with Crippen molar-refractivity contribution in [1.82, 2.24) is 5.32 Å². The van der Waals surface area contributed by atoms with E-state index in [0.29, 0.717) is 12.8 Å². The van der Waals surface area contributed by atoms with Gasteiger partial charge < -0.3 is 65.1 Å². The fourth-order valence-electron chi connectivity index (χ4n) is 14.5. The zero-order valence-electron chi connectivity index (χ0n) is 62.2. The molecule has 0 spiro atoms. The molecule has 0 aliphatic carbocycles. The molecule has 12 unspecified atom stereocenters. The van der Waals surface area contributed by atoms with Gasteiger partial charge in [0.25, 0.3) is 0 Å². The minimum atomic E-state index is -1.78. The van der Waals surface area contributed by atoms with Crippen LogP contribution in [0.3, 0.4) is 0 Å². The Hall–Kier alpha value is -1.01. The monoisotopic (exact) mass is 1350 g/mol. The van der Waals surface area contributed by atoms with Gasteiger partial charge in [-0.1, -0.05) is 399 Å². The van der Waals surface area contributed by atoms with Crippen LogP contribution in [0.5, 0.6) is 0 Å².